The van der Waals surface area contributed by atoms with Gasteiger partial charge in [-0.25, -0.2) is 9.67 Å². The number of benzene rings is 1. The molecule has 1 aromatic carbocycles. The summed E-state index contributed by atoms with van der Waals surface area (Å²) in [5.41, 5.74) is 1.82. The first-order valence-corrected chi connectivity index (χ1v) is 5.25. The van der Waals surface area contributed by atoms with Gasteiger partial charge in [-0.1, -0.05) is 23.7 Å². The molecule has 0 fully saturated rings. The predicted octanol–water partition coefficient (Wildman–Crippen LogP) is 2.38. The average molecular weight is 238 g/mol. The van der Waals surface area contributed by atoms with Crippen molar-refractivity contribution in [3.8, 4) is 5.69 Å². The lowest BCUT2D eigenvalue weighted by Crippen LogP contribution is -2.05. The molecule has 0 saturated carbocycles. The maximum absolute atomic E-state index is 6.18. The first-order chi connectivity index (χ1) is 7.74. The fourth-order valence-electron chi connectivity index (χ4n) is 1.59. The van der Waals surface area contributed by atoms with Crippen LogP contribution in [-0.2, 0) is 11.3 Å². The molecule has 1 heterocycles. The molecule has 0 N–H and O–H groups in total. The molecule has 0 atom stereocenters. The molecular weight excluding hydrogens is 226 g/mol. The maximum atomic E-state index is 6.18. The molecule has 2 rings (SSSR count). The maximum Gasteiger partial charge on any atom is 0.138 e. The smallest absolute Gasteiger partial charge is 0.138 e. The van der Waals surface area contributed by atoms with Gasteiger partial charge in [0.2, 0.25) is 0 Å². The number of rotatable bonds is 3. The number of aryl methyl sites for hydroxylation is 1. The molecule has 0 aliphatic carbocycles. The fourth-order valence-corrected chi connectivity index (χ4v) is 1.86. The van der Waals surface area contributed by atoms with Gasteiger partial charge in [-0.15, -0.1) is 0 Å². The number of ether oxygens (including phenoxy) is 1. The highest BCUT2D eigenvalue weighted by Gasteiger charge is 2.11. The van der Waals surface area contributed by atoms with Crippen molar-refractivity contribution in [2.45, 2.75) is 13.5 Å². The molecule has 5 heteroatoms. The van der Waals surface area contributed by atoms with E-state index < -0.39 is 0 Å². The van der Waals surface area contributed by atoms with Gasteiger partial charge in [0.05, 0.1) is 17.3 Å². The van der Waals surface area contributed by atoms with Crippen molar-refractivity contribution in [3.63, 3.8) is 0 Å². The number of hydrogen-bond acceptors (Lipinski definition) is 3. The Morgan fingerprint density at radius 3 is 2.88 bits per heavy atom. The second kappa shape index (κ2) is 4.63. The van der Waals surface area contributed by atoms with Crippen LogP contribution in [0.5, 0.6) is 0 Å². The molecule has 0 radical (unpaired) electrons. The van der Waals surface area contributed by atoms with Crippen LogP contribution in [0.25, 0.3) is 5.69 Å². The highest BCUT2D eigenvalue weighted by atomic mass is 35.5. The van der Waals surface area contributed by atoms with Crippen molar-refractivity contribution in [2.24, 2.45) is 0 Å². The monoisotopic (exact) mass is 237 g/mol. The lowest BCUT2D eigenvalue weighted by atomic mass is 10.2. The van der Waals surface area contributed by atoms with Crippen LogP contribution in [0.3, 0.4) is 0 Å². The molecule has 2 aromatic rings. The van der Waals surface area contributed by atoms with Gasteiger partial charge in [0.25, 0.3) is 0 Å². The third-order valence-corrected chi connectivity index (χ3v) is 2.61. The van der Waals surface area contributed by atoms with Gasteiger partial charge in [0, 0.05) is 12.7 Å². The van der Waals surface area contributed by atoms with E-state index in [1.807, 2.05) is 25.1 Å². The van der Waals surface area contributed by atoms with Crippen LogP contribution < -0.4 is 0 Å². The van der Waals surface area contributed by atoms with Gasteiger partial charge >= 0.3 is 0 Å². The number of aromatic nitrogens is 3. The Kier molecular flexibility index (Phi) is 3.22. The molecular formula is C11H12ClN3O. The Bertz CT molecular complexity index is 496. The van der Waals surface area contributed by atoms with Gasteiger partial charge in [-0.3, -0.25) is 0 Å². The summed E-state index contributed by atoms with van der Waals surface area (Å²) in [6.07, 6.45) is 1.51. The third-order valence-electron chi connectivity index (χ3n) is 2.30. The van der Waals surface area contributed by atoms with Crippen LogP contribution in [-0.4, -0.2) is 21.9 Å². The molecule has 0 bridgehead atoms. The van der Waals surface area contributed by atoms with Gasteiger partial charge in [-0.05, 0) is 13.0 Å². The Morgan fingerprint density at radius 2 is 2.25 bits per heavy atom. The summed E-state index contributed by atoms with van der Waals surface area (Å²) in [7, 11) is 1.65. The van der Waals surface area contributed by atoms with Gasteiger partial charge in [0.1, 0.15) is 12.2 Å². The van der Waals surface area contributed by atoms with Crippen LogP contribution in [0.4, 0.5) is 0 Å². The van der Waals surface area contributed by atoms with E-state index in [0.717, 1.165) is 17.1 Å². The summed E-state index contributed by atoms with van der Waals surface area (Å²) in [5.74, 6) is 0.797. The van der Waals surface area contributed by atoms with Crippen LogP contribution in [0.15, 0.2) is 24.5 Å². The molecule has 0 aliphatic rings. The van der Waals surface area contributed by atoms with Crippen molar-refractivity contribution in [3.05, 3.63) is 40.9 Å². The molecule has 0 saturated heterocycles. The number of nitrogens with zero attached hydrogens (tertiary/aromatic N) is 3. The first kappa shape index (κ1) is 11.1. The van der Waals surface area contributed by atoms with Crippen molar-refractivity contribution < 1.29 is 4.74 Å². The Morgan fingerprint density at radius 1 is 1.44 bits per heavy atom. The van der Waals surface area contributed by atoms with E-state index in [1.165, 1.54) is 6.33 Å². The van der Waals surface area contributed by atoms with E-state index in [0.29, 0.717) is 11.6 Å². The second-order valence-electron chi connectivity index (χ2n) is 3.40. The molecule has 84 valence electrons. The zero-order valence-corrected chi connectivity index (χ0v) is 9.90. The Balaban J connectivity index is 2.58. The van der Waals surface area contributed by atoms with Crippen LogP contribution in [0.2, 0.25) is 5.02 Å². The minimum Gasteiger partial charge on any atom is -0.380 e. The van der Waals surface area contributed by atoms with E-state index in [2.05, 4.69) is 10.1 Å². The molecule has 16 heavy (non-hydrogen) atoms. The average Bonchev–Trinajstić information content (AvgIpc) is 2.65. The third kappa shape index (κ3) is 1.94. The quantitative estimate of drug-likeness (QED) is 0.823. The summed E-state index contributed by atoms with van der Waals surface area (Å²) >= 11 is 6.18. The van der Waals surface area contributed by atoms with Crippen LogP contribution >= 0.6 is 11.6 Å². The van der Waals surface area contributed by atoms with Crippen molar-refractivity contribution in [1.29, 1.82) is 0 Å². The molecule has 0 aliphatic heterocycles. The standard InChI is InChI=1S/C11H12ClN3O/c1-8-13-7-14-15(8)11-9(6-16-2)4-3-5-10(11)12/h3-5,7H,6H2,1-2H3. The van der Waals surface area contributed by atoms with E-state index in [1.54, 1.807) is 11.8 Å². The molecule has 4 nitrogen and oxygen atoms in total. The second-order valence-corrected chi connectivity index (χ2v) is 3.81. The molecule has 0 spiro atoms. The Labute approximate surface area is 98.8 Å². The number of halogens is 1. The molecule has 0 unspecified atom stereocenters. The zero-order chi connectivity index (χ0) is 11.5. The summed E-state index contributed by atoms with van der Waals surface area (Å²) in [4.78, 5) is 4.09. The van der Waals surface area contributed by atoms with Crippen molar-refractivity contribution >= 4 is 11.6 Å². The highest BCUT2D eigenvalue weighted by Crippen LogP contribution is 2.25. The summed E-state index contributed by atoms with van der Waals surface area (Å²) in [5, 5.41) is 4.80. The topological polar surface area (TPSA) is 39.9 Å². The first-order valence-electron chi connectivity index (χ1n) is 4.87. The van der Waals surface area contributed by atoms with Crippen molar-refractivity contribution in [1.82, 2.24) is 14.8 Å². The summed E-state index contributed by atoms with van der Waals surface area (Å²) < 4.78 is 6.86. The summed E-state index contributed by atoms with van der Waals surface area (Å²) in [6.45, 7) is 2.38. The van der Waals surface area contributed by atoms with E-state index in [4.69, 9.17) is 16.3 Å². The minimum atomic E-state index is 0.495. The van der Waals surface area contributed by atoms with Crippen molar-refractivity contribution in [2.75, 3.05) is 7.11 Å². The van der Waals surface area contributed by atoms with E-state index in [9.17, 15) is 0 Å². The fraction of sp³-hybridized carbons (Fsp3) is 0.273. The largest absolute Gasteiger partial charge is 0.380 e. The van der Waals surface area contributed by atoms with Gasteiger partial charge < -0.3 is 4.74 Å². The Hall–Kier alpha value is -1.39. The highest BCUT2D eigenvalue weighted by molar-refractivity contribution is 6.32. The van der Waals surface area contributed by atoms with Crippen LogP contribution in [0, 0.1) is 6.92 Å². The number of methoxy groups -OCH3 is 1. The number of hydrogen-bond donors (Lipinski definition) is 0. The summed E-state index contributed by atoms with van der Waals surface area (Å²) in [6, 6.07) is 5.69. The van der Waals surface area contributed by atoms with E-state index in [-0.39, 0.29) is 0 Å². The van der Waals surface area contributed by atoms with Gasteiger partial charge in [0.15, 0.2) is 0 Å². The van der Waals surface area contributed by atoms with Gasteiger partial charge in [-0.2, -0.15) is 5.10 Å². The lowest BCUT2D eigenvalue weighted by Gasteiger charge is -2.11. The molecule has 0 amide bonds. The SMILES string of the molecule is COCc1cccc(Cl)c1-n1ncnc1C. The van der Waals surface area contributed by atoms with Crippen LogP contribution in [0.1, 0.15) is 11.4 Å². The predicted molar refractivity (Wildman–Crippen MR) is 61.8 cm³/mol. The normalized spacial score (nSPS) is 10.7. The minimum absolute atomic E-state index is 0.495. The molecule has 1 aromatic heterocycles. The number of para-hydroxylation sites is 1. The zero-order valence-electron chi connectivity index (χ0n) is 9.14. The van der Waals surface area contributed by atoms with E-state index >= 15 is 0 Å². The lowest BCUT2D eigenvalue weighted by molar-refractivity contribution is 0.184.